The lowest BCUT2D eigenvalue weighted by Crippen LogP contribution is -2.45. The second kappa shape index (κ2) is 5.06. The van der Waals surface area contributed by atoms with Crippen molar-refractivity contribution < 1.29 is 9.72 Å². The quantitative estimate of drug-likeness (QED) is 0.673. The van der Waals surface area contributed by atoms with Gasteiger partial charge in [0, 0.05) is 22.2 Å². The zero-order valence-electron chi connectivity index (χ0n) is 9.85. The fourth-order valence-corrected chi connectivity index (χ4v) is 2.52. The molecule has 1 fully saturated rings. The van der Waals surface area contributed by atoms with Gasteiger partial charge in [-0.1, -0.05) is 28.1 Å². The van der Waals surface area contributed by atoms with Gasteiger partial charge in [0.2, 0.25) is 11.9 Å². The van der Waals surface area contributed by atoms with E-state index in [9.17, 15) is 14.9 Å². The third-order valence-corrected chi connectivity index (χ3v) is 4.05. The average Bonchev–Trinajstić information content (AvgIpc) is 2.32. The number of amides is 1. The first-order valence-corrected chi connectivity index (χ1v) is 6.47. The summed E-state index contributed by atoms with van der Waals surface area (Å²) in [4.78, 5) is 22.2. The van der Waals surface area contributed by atoms with Crippen molar-refractivity contribution in [2.24, 2.45) is 0 Å². The van der Waals surface area contributed by atoms with Crippen LogP contribution in [0.4, 0.5) is 0 Å². The van der Waals surface area contributed by atoms with Crippen molar-refractivity contribution in [2.45, 2.75) is 31.8 Å². The van der Waals surface area contributed by atoms with Crippen LogP contribution in [0.2, 0.25) is 0 Å². The van der Waals surface area contributed by atoms with Gasteiger partial charge in [-0.3, -0.25) is 14.9 Å². The molecule has 2 rings (SSSR count). The van der Waals surface area contributed by atoms with Crippen LogP contribution in [0, 0.1) is 17.0 Å². The molecule has 6 heteroatoms. The van der Waals surface area contributed by atoms with E-state index < -0.39 is 12.1 Å². The Bertz CT molecular complexity index is 504. The molecule has 0 radical (unpaired) electrons. The van der Waals surface area contributed by atoms with E-state index in [-0.39, 0.29) is 23.7 Å². The number of carbonyl (C=O) groups is 1. The number of nitrogens with one attached hydrogen (secondary N) is 1. The van der Waals surface area contributed by atoms with Crippen LogP contribution in [0.15, 0.2) is 22.7 Å². The van der Waals surface area contributed by atoms with Crippen LogP contribution in [0.25, 0.3) is 0 Å². The van der Waals surface area contributed by atoms with Crippen LogP contribution in [-0.2, 0) is 4.79 Å². The Labute approximate surface area is 113 Å². The highest BCUT2D eigenvalue weighted by Gasteiger charge is 2.38. The van der Waals surface area contributed by atoms with Crippen molar-refractivity contribution in [3.8, 4) is 0 Å². The van der Waals surface area contributed by atoms with Crippen LogP contribution in [0.5, 0.6) is 0 Å². The molecule has 1 N–H and O–H groups in total. The van der Waals surface area contributed by atoms with E-state index >= 15 is 0 Å². The fourth-order valence-electron chi connectivity index (χ4n) is 2.12. The van der Waals surface area contributed by atoms with Crippen LogP contribution < -0.4 is 5.32 Å². The summed E-state index contributed by atoms with van der Waals surface area (Å²) in [5.41, 5.74) is 1.82. The average molecular weight is 313 g/mol. The topological polar surface area (TPSA) is 72.2 Å². The lowest BCUT2D eigenvalue weighted by atomic mass is 9.92. The van der Waals surface area contributed by atoms with E-state index in [2.05, 4.69) is 21.2 Å². The fraction of sp³-hybridized carbons (Fsp3) is 0.417. The van der Waals surface area contributed by atoms with Gasteiger partial charge in [-0.25, -0.2) is 0 Å². The summed E-state index contributed by atoms with van der Waals surface area (Å²) in [6.07, 6.45) is 0.504. The second-order valence-electron chi connectivity index (χ2n) is 4.45. The molecule has 1 aliphatic rings. The van der Waals surface area contributed by atoms with Gasteiger partial charge in [-0.15, -0.1) is 0 Å². The number of halogens is 1. The van der Waals surface area contributed by atoms with Gasteiger partial charge in [0.15, 0.2) is 0 Å². The van der Waals surface area contributed by atoms with Crippen LogP contribution in [0.1, 0.15) is 30.0 Å². The third kappa shape index (κ3) is 2.53. The van der Waals surface area contributed by atoms with Crippen molar-refractivity contribution >= 4 is 21.8 Å². The molecule has 0 aromatic heterocycles. The van der Waals surface area contributed by atoms with Crippen molar-refractivity contribution in [1.29, 1.82) is 0 Å². The summed E-state index contributed by atoms with van der Waals surface area (Å²) in [6.45, 7) is 1.94. The third-order valence-electron chi connectivity index (χ3n) is 3.19. The molecule has 0 saturated carbocycles. The Balaban J connectivity index is 2.34. The highest BCUT2D eigenvalue weighted by molar-refractivity contribution is 9.10. The normalized spacial score (nSPS) is 23.6. The lowest BCUT2D eigenvalue weighted by Gasteiger charge is -2.27. The van der Waals surface area contributed by atoms with Crippen molar-refractivity contribution in [1.82, 2.24) is 5.32 Å². The number of hydrogen-bond acceptors (Lipinski definition) is 3. The molecule has 2 atom stereocenters. The second-order valence-corrected chi connectivity index (χ2v) is 5.30. The number of benzene rings is 1. The van der Waals surface area contributed by atoms with Gasteiger partial charge in [-0.2, -0.15) is 0 Å². The minimum atomic E-state index is -0.752. The molecule has 5 nitrogen and oxygen atoms in total. The molecule has 18 heavy (non-hydrogen) atoms. The maximum Gasteiger partial charge on any atom is 0.237 e. The Kier molecular flexibility index (Phi) is 3.65. The van der Waals surface area contributed by atoms with Gasteiger partial charge in [0.05, 0.1) is 0 Å². The molecule has 0 aliphatic carbocycles. The first kappa shape index (κ1) is 13.0. The summed E-state index contributed by atoms with van der Waals surface area (Å²) in [5.74, 6) is -0.130. The molecular formula is C12H13BrN2O3. The van der Waals surface area contributed by atoms with E-state index in [1.165, 1.54) is 0 Å². The summed E-state index contributed by atoms with van der Waals surface area (Å²) >= 11 is 3.40. The minimum Gasteiger partial charge on any atom is -0.343 e. The SMILES string of the molecule is Cc1ccc(C2NC(=O)CCC2[N+](=O)[O-])cc1Br. The van der Waals surface area contributed by atoms with Crippen molar-refractivity contribution in [3.63, 3.8) is 0 Å². The number of hydrogen-bond donors (Lipinski definition) is 1. The highest BCUT2D eigenvalue weighted by atomic mass is 79.9. The first-order chi connectivity index (χ1) is 8.49. The monoisotopic (exact) mass is 312 g/mol. The summed E-state index contributed by atoms with van der Waals surface area (Å²) in [5, 5.41) is 13.7. The molecule has 0 spiro atoms. The van der Waals surface area contributed by atoms with Gasteiger partial charge in [0.25, 0.3) is 0 Å². The molecule has 96 valence electrons. The molecular weight excluding hydrogens is 300 g/mol. The number of piperidine rings is 1. The molecule has 1 aliphatic heterocycles. The predicted octanol–water partition coefficient (Wildman–Crippen LogP) is 2.35. The molecule has 1 aromatic carbocycles. The number of nitrogens with zero attached hydrogens (tertiary/aromatic N) is 1. The van der Waals surface area contributed by atoms with Gasteiger partial charge in [0.1, 0.15) is 6.04 Å². The van der Waals surface area contributed by atoms with Crippen molar-refractivity contribution in [3.05, 3.63) is 43.9 Å². The number of carbonyl (C=O) groups excluding carboxylic acids is 1. The summed E-state index contributed by atoms with van der Waals surface area (Å²) < 4.78 is 0.891. The number of aryl methyl sites for hydroxylation is 1. The van der Waals surface area contributed by atoms with Crippen molar-refractivity contribution in [2.75, 3.05) is 0 Å². The zero-order valence-corrected chi connectivity index (χ0v) is 11.4. The van der Waals surface area contributed by atoms with E-state index in [4.69, 9.17) is 0 Å². The maximum absolute atomic E-state index is 11.4. The molecule has 1 heterocycles. The molecule has 2 unspecified atom stereocenters. The molecule has 0 bridgehead atoms. The lowest BCUT2D eigenvalue weighted by molar-refractivity contribution is -0.529. The van der Waals surface area contributed by atoms with Gasteiger partial charge < -0.3 is 5.32 Å². The molecule has 1 saturated heterocycles. The van der Waals surface area contributed by atoms with Crippen LogP contribution in [0.3, 0.4) is 0 Å². The van der Waals surface area contributed by atoms with Gasteiger partial charge >= 0.3 is 0 Å². The van der Waals surface area contributed by atoms with Gasteiger partial charge in [-0.05, 0) is 24.1 Å². The minimum absolute atomic E-state index is 0.130. The highest BCUT2D eigenvalue weighted by Crippen LogP contribution is 2.29. The van der Waals surface area contributed by atoms with Crippen LogP contribution in [-0.4, -0.2) is 16.9 Å². The maximum atomic E-state index is 11.4. The standard InChI is InChI=1S/C12H13BrN2O3/c1-7-2-3-8(6-9(7)13)12-10(15(17)18)4-5-11(16)14-12/h2-3,6,10,12H,4-5H2,1H3,(H,14,16). The smallest absolute Gasteiger partial charge is 0.237 e. The predicted molar refractivity (Wildman–Crippen MR) is 69.8 cm³/mol. The molecule has 1 aromatic rings. The van der Waals surface area contributed by atoms with E-state index in [0.717, 1.165) is 15.6 Å². The number of nitro groups is 1. The zero-order chi connectivity index (χ0) is 13.3. The largest absolute Gasteiger partial charge is 0.343 e. The summed E-state index contributed by atoms with van der Waals surface area (Å²) in [7, 11) is 0. The van der Waals surface area contributed by atoms with E-state index in [0.29, 0.717) is 0 Å². The Hall–Kier alpha value is -1.43. The van der Waals surface area contributed by atoms with E-state index in [1.54, 1.807) is 0 Å². The van der Waals surface area contributed by atoms with Crippen LogP contribution >= 0.6 is 15.9 Å². The number of rotatable bonds is 2. The first-order valence-electron chi connectivity index (χ1n) is 5.68. The molecule has 1 amide bonds. The summed E-state index contributed by atoms with van der Waals surface area (Å²) in [6, 6.07) is 4.25. The Morgan fingerprint density at radius 3 is 2.83 bits per heavy atom. The Morgan fingerprint density at radius 2 is 2.22 bits per heavy atom. The Morgan fingerprint density at radius 1 is 1.50 bits per heavy atom. The van der Waals surface area contributed by atoms with E-state index in [1.807, 2.05) is 25.1 Å².